The maximum Gasteiger partial charge on any atom is 0.257 e. The zero-order valence-corrected chi connectivity index (χ0v) is 19.1. The second-order valence-electron chi connectivity index (χ2n) is 7.88. The van der Waals surface area contributed by atoms with Crippen LogP contribution < -0.4 is 10.2 Å². The van der Waals surface area contributed by atoms with E-state index in [2.05, 4.69) is 10.3 Å². The molecule has 0 saturated carbocycles. The van der Waals surface area contributed by atoms with E-state index in [1.165, 1.54) is 27.8 Å². The topological polar surface area (TPSA) is 117 Å². The van der Waals surface area contributed by atoms with Gasteiger partial charge in [-0.1, -0.05) is 11.3 Å². The van der Waals surface area contributed by atoms with E-state index in [1.807, 2.05) is 0 Å². The molecule has 0 aliphatic carbocycles. The molecule has 2 aliphatic rings. The molecule has 5 rings (SSSR count). The van der Waals surface area contributed by atoms with Crippen molar-refractivity contribution in [1.29, 1.82) is 0 Å². The fourth-order valence-electron chi connectivity index (χ4n) is 3.99. The molecule has 1 N–H and O–H groups in total. The van der Waals surface area contributed by atoms with Gasteiger partial charge in [0.2, 0.25) is 21.8 Å². The zero-order chi connectivity index (χ0) is 23.2. The summed E-state index contributed by atoms with van der Waals surface area (Å²) in [4.78, 5) is 42.1. The van der Waals surface area contributed by atoms with E-state index in [4.69, 9.17) is 0 Å². The second-order valence-corrected chi connectivity index (χ2v) is 10.9. The number of fused-ring (bicyclic) bond motifs is 1. The molecule has 2 saturated heterocycles. The van der Waals surface area contributed by atoms with Crippen molar-refractivity contribution in [3.8, 4) is 0 Å². The number of thiazole rings is 1. The highest BCUT2D eigenvalue weighted by atomic mass is 32.2. The summed E-state index contributed by atoms with van der Waals surface area (Å²) in [6.07, 6.45) is 2.12. The SMILES string of the molecule is O=C(Nc1nc2ccc(S(=O)(=O)N3CCCC3)cc2s1)c1ccc(N2C(=O)CCC2=O)cc1. The molecule has 2 aromatic carbocycles. The van der Waals surface area contributed by atoms with Gasteiger partial charge in [-0.15, -0.1) is 0 Å². The number of aromatic nitrogens is 1. The van der Waals surface area contributed by atoms with Crippen LogP contribution in [0.1, 0.15) is 36.0 Å². The number of hydrogen-bond donors (Lipinski definition) is 1. The molecule has 0 radical (unpaired) electrons. The number of sulfonamides is 1. The molecule has 9 nitrogen and oxygen atoms in total. The van der Waals surface area contributed by atoms with Crippen LogP contribution in [0.2, 0.25) is 0 Å². The van der Waals surface area contributed by atoms with Crippen LogP contribution in [0, 0.1) is 0 Å². The van der Waals surface area contributed by atoms with Gasteiger partial charge in [0, 0.05) is 31.5 Å². The Labute approximate surface area is 194 Å². The van der Waals surface area contributed by atoms with Gasteiger partial charge in [-0.25, -0.2) is 13.4 Å². The third-order valence-corrected chi connectivity index (χ3v) is 8.55. The number of benzene rings is 2. The first-order chi connectivity index (χ1) is 15.8. The fraction of sp³-hybridized carbons (Fsp3) is 0.273. The number of nitrogens with one attached hydrogen (secondary N) is 1. The Balaban J connectivity index is 1.33. The van der Waals surface area contributed by atoms with Gasteiger partial charge in [0.25, 0.3) is 5.91 Å². The van der Waals surface area contributed by atoms with Crippen LogP contribution >= 0.6 is 11.3 Å². The number of carbonyl (C=O) groups excluding carboxylic acids is 3. The molecule has 2 fully saturated rings. The van der Waals surface area contributed by atoms with Gasteiger partial charge in [-0.05, 0) is 55.3 Å². The van der Waals surface area contributed by atoms with E-state index in [9.17, 15) is 22.8 Å². The van der Waals surface area contributed by atoms with Gasteiger partial charge in [0.1, 0.15) is 0 Å². The van der Waals surface area contributed by atoms with Crippen molar-refractivity contribution in [2.75, 3.05) is 23.3 Å². The van der Waals surface area contributed by atoms with Crippen molar-refractivity contribution in [2.45, 2.75) is 30.6 Å². The Bertz CT molecular complexity index is 1360. The molecule has 0 bridgehead atoms. The van der Waals surface area contributed by atoms with Crippen molar-refractivity contribution < 1.29 is 22.8 Å². The Morgan fingerprint density at radius 1 is 0.970 bits per heavy atom. The average molecular weight is 485 g/mol. The van der Waals surface area contributed by atoms with E-state index in [-0.39, 0.29) is 29.6 Å². The lowest BCUT2D eigenvalue weighted by Gasteiger charge is -2.15. The highest BCUT2D eigenvalue weighted by molar-refractivity contribution is 7.89. The largest absolute Gasteiger partial charge is 0.298 e. The van der Waals surface area contributed by atoms with Crippen molar-refractivity contribution in [2.24, 2.45) is 0 Å². The molecule has 2 aliphatic heterocycles. The molecule has 0 spiro atoms. The van der Waals surface area contributed by atoms with Crippen molar-refractivity contribution in [3.63, 3.8) is 0 Å². The van der Waals surface area contributed by atoms with E-state index >= 15 is 0 Å². The second kappa shape index (κ2) is 8.32. The van der Waals surface area contributed by atoms with Gasteiger partial charge in [-0.3, -0.25) is 24.6 Å². The van der Waals surface area contributed by atoms with Crippen LogP contribution in [0.5, 0.6) is 0 Å². The van der Waals surface area contributed by atoms with Crippen molar-refractivity contribution >= 4 is 60.1 Å². The predicted octanol–water partition coefficient (Wildman–Crippen LogP) is 2.99. The van der Waals surface area contributed by atoms with Crippen LogP contribution in [0.3, 0.4) is 0 Å². The Morgan fingerprint density at radius 3 is 2.30 bits per heavy atom. The van der Waals surface area contributed by atoms with Crippen LogP contribution in [0.4, 0.5) is 10.8 Å². The predicted molar refractivity (Wildman–Crippen MR) is 124 cm³/mol. The van der Waals surface area contributed by atoms with Gasteiger partial charge in [0.15, 0.2) is 5.13 Å². The molecule has 170 valence electrons. The Kier molecular flexibility index (Phi) is 5.47. The quantitative estimate of drug-likeness (QED) is 0.557. The average Bonchev–Trinajstić information content (AvgIpc) is 3.54. The minimum absolute atomic E-state index is 0.194. The van der Waals surface area contributed by atoms with Gasteiger partial charge >= 0.3 is 0 Å². The van der Waals surface area contributed by atoms with Crippen LogP contribution in [0.15, 0.2) is 47.4 Å². The molecule has 3 amide bonds. The number of anilines is 2. The molecule has 3 aromatic rings. The van der Waals surface area contributed by atoms with E-state index in [0.717, 1.165) is 17.7 Å². The normalized spacial score (nSPS) is 17.3. The molecular weight excluding hydrogens is 464 g/mol. The summed E-state index contributed by atoms with van der Waals surface area (Å²) in [6.45, 7) is 1.06. The summed E-state index contributed by atoms with van der Waals surface area (Å²) in [6, 6.07) is 11.0. The lowest BCUT2D eigenvalue weighted by Crippen LogP contribution is -2.28. The zero-order valence-electron chi connectivity index (χ0n) is 17.5. The molecule has 0 unspecified atom stereocenters. The number of amides is 3. The maximum atomic E-state index is 12.8. The summed E-state index contributed by atoms with van der Waals surface area (Å²) in [5.74, 6) is -0.903. The highest BCUT2D eigenvalue weighted by Crippen LogP contribution is 2.30. The summed E-state index contributed by atoms with van der Waals surface area (Å²) in [5, 5.41) is 3.08. The molecule has 33 heavy (non-hydrogen) atoms. The molecule has 1 aromatic heterocycles. The molecule has 11 heteroatoms. The number of imide groups is 1. The number of rotatable bonds is 5. The van der Waals surface area contributed by atoms with Crippen LogP contribution in [-0.4, -0.2) is 48.5 Å². The van der Waals surface area contributed by atoms with Crippen molar-refractivity contribution in [1.82, 2.24) is 9.29 Å². The number of hydrogen-bond acceptors (Lipinski definition) is 7. The smallest absolute Gasteiger partial charge is 0.257 e. The van der Waals surface area contributed by atoms with Gasteiger partial charge in [0.05, 0.1) is 20.8 Å². The van der Waals surface area contributed by atoms with Crippen LogP contribution in [-0.2, 0) is 19.6 Å². The number of carbonyl (C=O) groups is 3. The van der Waals surface area contributed by atoms with E-state index in [0.29, 0.717) is 39.7 Å². The standard InChI is InChI=1S/C22H20N4O5S2/c27-19-9-10-20(28)26(19)15-5-3-14(4-6-15)21(29)24-22-23-17-8-7-16(13-18(17)32-22)33(30,31)25-11-1-2-12-25/h3-8,13H,1-2,9-12H2,(H,23,24,29). The van der Waals surface area contributed by atoms with Gasteiger partial charge in [-0.2, -0.15) is 4.31 Å². The first-order valence-corrected chi connectivity index (χ1v) is 12.8. The summed E-state index contributed by atoms with van der Waals surface area (Å²) >= 11 is 1.19. The third kappa shape index (κ3) is 4.03. The first kappa shape index (κ1) is 21.7. The lowest BCUT2D eigenvalue weighted by molar-refractivity contribution is -0.121. The minimum atomic E-state index is -3.53. The first-order valence-electron chi connectivity index (χ1n) is 10.5. The van der Waals surface area contributed by atoms with E-state index in [1.54, 1.807) is 30.3 Å². The summed E-state index contributed by atoms with van der Waals surface area (Å²) in [7, 11) is -3.53. The molecular formula is C22H20N4O5S2. The highest BCUT2D eigenvalue weighted by Gasteiger charge is 2.30. The lowest BCUT2D eigenvalue weighted by atomic mass is 10.2. The third-order valence-electron chi connectivity index (χ3n) is 5.72. The molecule has 3 heterocycles. The molecule has 0 atom stereocenters. The van der Waals surface area contributed by atoms with E-state index < -0.39 is 15.9 Å². The number of nitrogens with zero attached hydrogens (tertiary/aromatic N) is 3. The minimum Gasteiger partial charge on any atom is -0.298 e. The summed E-state index contributed by atoms with van der Waals surface area (Å²) < 4.78 is 27.8. The van der Waals surface area contributed by atoms with Gasteiger partial charge < -0.3 is 0 Å². The van der Waals surface area contributed by atoms with Crippen LogP contribution in [0.25, 0.3) is 10.2 Å². The monoisotopic (exact) mass is 484 g/mol. The Morgan fingerprint density at radius 2 is 1.64 bits per heavy atom. The summed E-state index contributed by atoms with van der Waals surface area (Å²) in [5.41, 5.74) is 1.37. The maximum absolute atomic E-state index is 12.8. The Hall–Kier alpha value is -3.15. The van der Waals surface area contributed by atoms with Crippen molar-refractivity contribution in [3.05, 3.63) is 48.0 Å². The fourth-order valence-corrected chi connectivity index (χ4v) is 6.51.